The van der Waals surface area contributed by atoms with Gasteiger partial charge < -0.3 is 10.6 Å². The van der Waals surface area contributed by atoms with Gasteiger partial charge >= 0.3 is 0 Å². The number of carbonyl (C=O) groups is 2. The molecular formula is C16H20FN3O2. The lowest BCUT2D eigenvalue weighted by Gasteiger charge is -2.47. The van der Waals surface area contributed by atoms with Crippen LogP contribution in [0, 0.1) is 11.7 Å². The highest BCUT2D eigenvalue weighted by Gasteiger charge is 2.37. The lowest BCUT2D eigenvalue weighted by atomic mass is 9.93. The van der Waals surface area contributed by atoms with E-state index in [1.165, 1.54) is 12.1 Å². The molecule has 0 spiro atoms. The minimum Gasteiger partial charge on any atom is -0.369 e. The molecule has 1 aromatic carbocycles. The largest absolute Gasteiger partial charge is 0.369 e. The molecule has 2 heterocycles. The molecule has 5 nitrogen and oxygen atoms in total. The van der Waals surface area contributed by atoms with Gasteiger partial charge in [0.1, 0.15) is 5.82 Å². The van der Waals surface area contributed by atoms with E-state index in [0.29, 0.717) is 24.7 Å². The maximum Gasteiger partial charge on any atom is 0.254 e. The van der Waals surface area contributed by atoms with Crippen LogP contribution in [0.5, 0.6) is 0 Å². The summed E-state index contributed by atoms with van der Waals surface area (Å²) >= 11 is 0. The monoisotopic (exact) mass is 305 g/mol. The Bertz CT molecular complexity index is 579. The minimum absolute atomic E-state index is 0.0126. The summed E-state index contributed by atoms with van der Waals surface area (Å²) in [6, 6.07) is 6.13. The molecule has 0 aliphatic carbocycles. The molecule has 118 valence electrons. The fraction of sp³-hybridized carbons (Fsp3) is 0.500. The van der Waals surface area contributed by atoms with Crippen molar-refractivity contribution in [3.05, 3.63) is 35.6 Å². The van der Waals surface area contributed by atoms with Crippen molar-refractivity contribution in [3.8, 4) is 0 Å². The minimum atomic E-state index is -0.392. The second kappa shape index (κ2) is 6.04. The van der Waals surface area contributed by atoms with Crippen molar-refractivity contribution >= 4 is 11.8 Å². The standard InChI is InChI=1S/C16H20FN3O2/c17-13-3-1-2-12(8-13)16(22)20-9-14(10-20)19-6-4-11(5-7-19)15(18)21/h1-3,8,11,14H,4-7,9-10H2,(H2,18,21). The summed E-state index contributed by atoms with van der Waals surface area (Å²) in [6.07, 6.45) is 1.59. The van der Waals surface area contributed by atoms with Crippen LogP contribution in [-0.4, -0.2) is 53.8 Å². The van der Waals surface area contributed by atoms with Gasteiger partial charge in [-0.3, -0.25) is 14.5 Å². The zero-order chi connectivity index (χ0) is 15.7. The molecule has 0 radical (unpaired) electrons. The summed E-state index contributed by atoms with van der Waals surface area (Å²) < 4.78 is 13.2. The number of piperidine rings is 1. The average Bonchev–Trinajstić information content (AvgIpc) is 2.46. The molecule has 3 rings (SSSR count). The molecule has 2 amide bonds. The number of nitrogens with two attached hydrogens (primary N) is 1. The second-order valence-electron chi connectivity index (χ2n) is 6.09. The SMILES string of the molecule is NC(=O)C1CCN(C2CN(C(=O)c3cccc(F)c3)C2)CC1. The lowest BCUT2D eigenvalue weighted by Crippen LogP contribution is -2.62. The Kier molecular flexibility index (Phi) is 4.11. The number of rotatable bonds is 3. The van der Waals surface area contributed by atoms with Crippen LogP contribution in [-0.2, 0) is 4.79 Å². The maximum absolute atomic E-state index is 13.2. The number of benzene rings is 1. The van der Waals surface area contributed by atoms with Crippen molar-refractivity contribution < 1.29 is 14.0 Å². The van der Waals surface area contributed by atoms with Gasteiger partial charge in [0.2, 0.25) is 5.91 Å². The third-order valence-corrected chi connectivity index (χ3v) is 4.67. The zero-order valence-corrected chi connectivity index (χ0v) is 12.4. The first-order valence-corrected chi connectivity index (χ1v) is 7.63. The van der Waals surface area contributed by atoms with Gasteiger partial charge in [-0.1, -0.05) is 6.07 Å². The molecule has 2 fully saturated rings. The fourth-order valence-electron chi connectivity index (χ4n) is 3.21. The Labute approximate surface area is 128 Å². The Balaban J connectivity index is 1.50. The van der Waals surface area contributed by atoms with Crippen LogP contribution in [0.1, 0.15) is 23.2 Å². The molecule has 2 aliphatic rings. The van der Waals surface area contributed by atoms with Crippen molar-refractivity contribution in [2.45, 2.75) is 18.9 Å². The Morgan fingerprint density at radius 3 is 2.45 bits per heavy atom. The van der Waals surface area contributed by atoms with E-state index < -0.39 is 5.82 Å². The number of halogens is 1. The van der Waals surface area contributed by atoms with E-state index in [9.17, 15) is 14.0 Å². The van der Waals surface area contributed by atoms with Crippen LogP contribution >= 0.6 is 0 Å². The van der Waals surface area contributed by atoms with Crippen molar-refractivity contribution in [2.75, 3.05) is 26.2 Å². The number of hydrogen-bond donors (Lipinski definition) is 1. The topological polar surface area (TPSA) is 66.6 Å². The molecule has 0 unspecified atom stereocenters. The van der Waals surface area contributed by atoms with Crippen LogP contribution < -0.4 is 5.73 Å². The highest BCUT2D eigenvalue weighted by Crippen LogP contribution is 2.24. The van der Waals surface area contributed by atoms with E-state index in [2.05, 4.69) is 4.90 Å². The molecule has 22 heavy (non-hydrogen) atoms. The molecule has 2 saturated heterocycles. The van der Waals surface area contributed by atoms with Gasteiger partial charge in [-0.2, -0.15) is 0 Å². The number of amides is 2. The Morgan fingerprint density at radius 2 is 1.86 bits per heavy atom. The van der Waals surface area contributed by atoms with Crippen LogP contribution in [0.15, 0.2) is 24.3 Å². The fourth-order valence-corrected chi connectivity index (χ4v) is 3.21. The lowest BCUT2D eigenvalue weighted by molar-refractivity contribution is -0.123. The summed E-state index contributed by atoms with van der Waals surface area (Å²) in [7, 11) is 0. The first-order chi connectivity index (χ1) is 10.5. The number of hydrogen-bond acceptors (Lipinski definition) is 3. The number of nitrogens with zero attached hydrogens (tertiary/aromatic N) is 2. The third-order valence-electron chi connectivity index (χ3n) is 4.67. The molecule has 0 bridgehead atoms. The smallest absolute Gasteiger partial charge is 0.254 e. The summed E-state index contributed by atoms with van der Waals surface area (Å²) in [5.41, 5.74) is 5.73. The average molecular weight is 305 g/mol. The molecule has 0 atom stereocenters. The van der Waals surface area contributed by atoms with Gasteiger partial charge in [0.05, 0.1) is 0 Å². The van der Waals surface area contributed by atoms with Crippen LogP contribution in [0.2, 0.25) is 0 Å². The van der Waals surface area contributed by atoms with Crippen molar-refractivity contribution in [2.24, 2.45) is 11.7 Å². The first kappa shape index (κ1) is 15.0. The zero-order valence-electron chi connectivity index (χ0n) is 12.4. The van der Waals surface area contributed by atoms with Gasteiger partial charge in [-0.25, -0.2) is 4.39 Å². The Morgan fingerprint density at radius 1 is 1.18 bits per heavy atom. The van der Waals surface area contributed by atoms with E-state index in [0.717, 1.165) is 25.9 Å². The summed E-state index contributed by atoms with van der Waals surface area (Å²) in [6.45, 7) is 3.02. The normalized spacial score (nSPS) is 20.7. The van der Waals surface area contributed by atoms with E-state index >= 15 is 0 Å². The molecule has 2 aliphatic heterocycles. The van der Waals surface area contributed by atoms with E-state index in [-0.39, 0.29) is 17.7 Å². The predicted octanol–water partition coefficient (Wildman–Crippen LogP) is 0.847. The van der Waals surface area contributed by atoms with Gasteiger partial charge in [0.25, 0.3) is 5.91 Å². The second-order valence-corrected chi connectivity index (χ2v) is 6.09. The quantitative estimate of drug-likeness (QED) is 0.900. The number of carbonyl (C=O) groups excluding carboxylic acids is 2. The summed E-state index contributed by atoms with van der Waals surface area (Å²) in [4.78, 5) is 27.4. The van der Waals surface area contributed by atoms with E-state index in [1.54, 1.807) is 17.0 Å². The van der Waals surface area contributed by atoms with Crippen LogP contribution in [0.3, 0.4) is 0 Å². The van der Waals surface area contributed by atoms with Crippen molar-refractivity contribution in [1.82, 2.24) is 9.80 Å². The summed E-state index contributed by atoms with van der Waals surface area (Å²) in [5, 5.41) is 0. The first-order valence-electron chi connectivity index (χ1n) is 7.63. The maximum atomic E-state index is 13.2. The number of likely N-dealkylation sites (tertiary alicyclic amines) is 2. The van der Waals surface area contributed by atoms with Gasteiger partial charge in [0, 0.05) is 30.6 Å². The molecule has 6 heteroatoms. The van der Waals surface area contributed by atoms with E-state index in [4.69, 9.17) is 5.73 Å². The highest BCUT2D eigenvalue weighted by atomic mass is 19.1. The molecule has 1 aromatic rings. The van der Waals surface area contributed by atoms with Crippen molar-refractivity contribution in [1.29, 1.82) is 0 Å². The molecule has 0 saturated carbocycles. The highest BCUT2D eigenvalue weighted by molar-refractivity contribution is 5.94. The van der Waals surface area contributed by atoms with E-state index in [1.807, 2.05) is 0 Å². The van der Waals surface area contributed by atoms with Gasteiger partial charge in [-0.15, -0.1) is 0 Å². The third kappa shape index (κ3) is 2.97. The molecule has 2 N–H and O–H groups in total. The summed E-state index contributed by atoms with van der Waals surface area (Å²) in [5.74, 6) is -0.739. The Hall–Kier alpha value is -1.95. The number of primary amides is 1. The van der Waals surface area contributed by atoms with Crippen LogP contribution in [0.25, 0.3) is 0 Å². The van der Waals surface area contributed by atoms with Crippen LogP contribution in [0.4, 0.5) is 4.39 Å². The predicted molar refractivity (Wildman–Crippen MR) is 79.6 cm³/mol. The van der Waals surface area contributed by atoms with Crippen molar-refractivity contribution in [3.63, 3.8) is 0 Å². The van der Waals surface area contributed by atoms with Gasteiger partial charge in [-0.05, 0) is 44.1 Å². The molecular weight excluding hydrogens is 285 g/mol. The van der Waals surface area contributed by atoms with Gasteiger partial charge in [0.15, 0.2) is 0 Å². The molecule has 0 aromatic heterocycles.